The maximum Gasteiger partial charge on any atom is 0.255 e. The summed E-state index contributed by atoms with van der Waals surface area (Å²) >= 11 is 12.0. The first-order valence-corrected chi connectivity index (χ1v) is 10.1. The molecule has 1 heterocycles. The zero-order valence-corrected chi connectivity index (χ0v) is 16.7. The molecule has 2 fully saturated rings. The van der Waals surface area contributed by atoms with Crippen molar-refractivity contribution in [2.75, 3.05) is 10.2 Å². The van der Waals surface area contributed by atoms with Gasteiger partial charge in [0.2, 0.25) is 11.8 Å². The van der Waals surface area contributed by atoms with Gasteiger partial charge in [-0.2, -0.15) is 0 Å². The highest BCUT2D eigenvalue weighted by Gasteiger charge is 2.59. The Morgan fingerprint density at radius 1 is 0.931 bits per heavy atom. The average molecular weight is 427 g/mol. The Kier molecular flexibility index (Phi) is 4.26. The number of anilines is 2. The van der Waals surface area contributed by atoms with E-state index in [0.29, 0.717) is 27.0 Å². The highest BCUT2D eigenvalue weighted by Crippen LogP contribution is 2.53. The van der Waals surface area contributed by atoms with Gasteiger partial charge in [-0.25, -0.2) is 0 Å². The number of nitrogens with zero attached hydrogens (tertiary/aromatic N) is 1. The average Bonchev–Trinajstić information content (AvgIpc) is 3.39. The topological polar surface area (TPSA) is 66.5 Å². The largest absolute Gasteiger partial charge is 0.321 e. The van der Waals surface area contributed by atoms with Crippen LogP contribution in [0.15, 0.2) is 54.6 Å². The summed E-state index contributed by atoms with van der Waals surface area (Å²) in [7, 11) is 0. The third-order valence-corrected chi connectivity index (χ3v) is 6.60. The normalized spacial score (nSPS) is 26.9. The first-order valence-electron chi connectivity index (χ1n) is 9.36. The Balaban J connectivity index is 1.36. The monoisotopic (exact) mass is 426 g/mol. The molecule has 0 unspecified atom stereocenters. The lowest BCUT2D eigenvalue weighted by molar-refractivity contribution is -0.123. The summed E-state index contributed by atoms with van der Waals surface area (Å²) in [6.07, 6.45) is 5.02. The molecular weight excluding hydrogens is 411 g/mol. The zero-order valence-electron chi connectivity index (χ0n) is 15.1. The molecule has 1 saturated heterocycles. The highest BCUT2D eigenvalue weighted by molar-refractivity contribution is 6.36. The van der Waals surface area contributed by atoms with E-state index in [4.69, 9.17) is 23.2 Å². The van der Waals surface area contributed by atoms with Crippen LogP contribution < -0.4 is 10.2 Å². The summed E-state index contributed by atoms with van der Waals surface area (Å²) in [6.45, 7) is 0. The molecule has 7 heteroatoms. The number of amides is 3. The van der Waals surface area contributed by atoms with Crippen LogP contribution in [-0.4, -0.2) is 17.7 Å². The van der Waals surface area contributed by atoms with Gasteiger partial charge in [-0.1, -0.05) is 35.4 Å². The van der Waals surface area contributed by atoms with Gasteiger partial charge in [0.1, 0.15) is 0 Å². The van der Waals surface area contributed by atoms with Gasteiger partial charge in [-0.15, -0.1) is 0 Å². The van der Waals surface area contributed by atoms with Crippen molar-refractivity contribution in [3.63, 3.8) is 0 Å². The van der Waals surface area contributed by atoms with Crippen molar-refractivity contribution in [2.24, 2.45) is 23.7 Å². The Morgan fingerprint density at radius 3 is 2.17 bits per heavy atom. The molecule has 5 nitrogen and oxygen atoms in total. The summed E-state index contributed by atoms with van der Waals surface area (Å²) in [6, 6.07) is 11.2. The molecule has 0 radical (unpaired) electrons. The first kappa shape index (κ1) is 18.4. The lowest BCUT2D eigenvalue weighted by Gasteiger charge is -2.17. The predicted octanol–water partition coefficient (Wildman–Crippen LogP) is 4.56. The van der Waals surface area contributed by atoms with Gasteiger partial charge >= 0.3 is 0 Å². The molecule has 1 saturated carbocycles. The summed E-state index contributed by atoms with van der Waals surface area (Å²) in [5, 5.41) is 3.55. The number of fused-ring (bicyclic) bond motifs is 5. The van der Waals surface area contributed by atoms with Crippen molar-refractivity contribution < 1.29 is 14.4 Å². The predicted molar refractivity (Wildman–Crippen MR) is 111 cm³/mol. The van der Waals surface area contributed by atoms with Gasteiger partial charge in [-0.05, 0) is 60.7 Å². The molecule has 0 spiro atoms. The van der Waals surface area contributed by atoms with Crippen LogP contribution >= 0.6 is 23.2 Å². The van der Waals surface area contributed by atoms with Crippen molar-refractivity contribution in [1.82, 2.24) is 0 Å². The van der Waals surface area contributed by atoms with E-state index in [2.05, 4.69) is 17.5 Å². The second-order valence-corrected chi connectivity index (χ2v) is 8.48. The highest BCUT2D eigenvalue weighted by atomic mass is 35.5. The summed E-state index contributed by atoms with van der Waals surface area (Å²) in [5.41, 5.74) is 1.28. The number of hydrogen-bond donors (Lipinski definition) is 1. The molecule has 3 amide bonds. The lowest BCUT2D eigenvalue weighted by Crippen LogP contribution is -2.32. The molecule has 2 aliphatic carbocycles. The van der Waals surface area contributed by atoms with Gasteiger partial charge < -0.3 is 5.32 Å². The van der Waals surface area contributed by atoms with Gasteiger partial charge in [0.25, 0.3) is 5.91 Å². The standard InChI is InChI=1S/C22H16Cl2N2O3/c23-14-5-8-16(24)17(10-14)25-20(27)11-3-6-15(7-4-11)26-21(28)18-12-1-2-13(9-12)19(18)22(26)29/h1-8,10,12-13,18-19H,9H2,(H,25,27)/t12-,13+,18+,19-. The zero-order chi connectivity index (χ0) is 20.3. The van der Waals surface area contributed by atoms with Gasteiger partial charge in [0.05, 0.1) is 28.2 Å². The molecule has 29 heavy (non-hydrogen) atoms. The Hall–Kier alpha value is -2.63. The molecule has 146 valence electrons. The van der Waals surface area contributed by atoms with Crippen molar-refractivity contribution in [2.45, 2.75) is 6.42 Å². The van der Waals surface area contributed by atoms with E-state index in [1.807, 2.05) is 0 Å². The molecule has 5 rings (SSSR count). The number of nitrogens with one attached hydrogen (secondary N) is 1. The van der Waals surface area contributed by atoms with E-state index in [0.717, 1.165) is 6.42 Å². The van der Waals surface area contributed by atoms with Gasteiger partial charge in [-0.3, -0.25) is 19.3 Å². The van der Waals surface area contributed by atoms with Crippen LogP contribution in [0, 0.1) is 23.7 Å². The quantitative estimate of drug-likeness (QED) is 0.577. The fourth-order valence-corrected chi connectivity index (χ4v) is 5.04. The van der Waals surface area contributed by atoms with Gasteiger partial charge in [0.15, 0.2) is 0 Å². The number of hydrogen-bond acceptors (Lipinski definition) is 3. The molecule has 2 aromatic carbocycles. The number of allylic oxidation sites excluding steroid dienone is 2. The Bertz CT molecular complexity index is 1050. The van der Waals surface area contributed by atoms with E-state index in [9.17, 15) is 14.4 Å². The van der Waals surface area contributed by atoms with Crippen LogP contribution in [0.3, 0.4) is 0 Å². The smallest absolute Gasteiger partial charge is 0.255 e. The van der Waals surface area contributed by atoms with Crippen LogP contribution in [0.25, 0.3) is 0 Å². The van der Waals surface area contributed by atoms with Crippen LogP contribution in [0.4, 0.5) is 11.4 Å². The summed E-state index contributed by atoms with van der Waals surface area (Å²) < 4.78 is 0. The molecule has 0 aromatic heterocycles. The van der Waals surface area contributed by atoms with Crippen LogP contribution in [0.5, 0.6) is 0 Å². The van der Waals surface area contributed by atoms with E-state index >= 15 is 0 Å². The molecule has 4 atom stereocenters. The van der Waals surface area contributed by atoms with Crippen LogP contribution in [0.1, 0.15) is 16.8 Å². The second-order valence-electron chi connectivity index (χ2n) is 7.64. The molecule has 1 aliphatic heterocycles. The van der Waals surface area contributed by atoms with Crippen LogP contribution in [0.2, 0.25) is 10.0 Å². The molecule has 2 bridgehead atoms. The van der Waals surface area contributed by atoms with E-state index in [1.54, 1.807) is 42.5 Å². The molecule has 2 aromatic rings. The third kappa shape index (κ3) is 2.88. The molecule has 1 N–H and O–H groups in total. The van der Waals surface area contributed by atoms with E-state index < -0.39 is 0 Å². The van der Waals surface area contributed by atoms with Crippen molar-refractivity contribution in [3.05, 3.63) is 70.2 Å². The Morgan fingerprint density at radius 2 is 1.55 bits per heavy atom. The number of carbonyl (C=O) groups is 3. The van der Waals surface area contributed by atoms with E-state index in [-0.39, 0.29) is 41.4 Å². The van der Waals surface area contributed by atoms with Crippen molar-refractivity contribution >= 4 is 52.3 Å². The maximum absolute atomic E-state index is 12.9. The fourth-order valence-electron chi connectivity index (χ4n) is 4.71. The van der Waals surface area contributed by atoms with Crippen LogP contribution in [-0.2, 0) is 9.59 Å². The minimum Gasteiger partial charge on any atom is -0.321 e. The molecular formula is C22H16Cl2N2O3. The van der Waals surface area contributed by atoms with Crippen molar-refractivity contribution in [3.8, 4) is 0 Å². The lowest BCUT2D eigenvalue weighted by atomic mass is 9.85. The maximum atomic E-state index is 12.9. The number of carbonyl (C=O) groups excluding carboxylic acids is 3. The van der Waals surface area contributed by atoms with Crippen molar-refractivity contribution in [1.29, 1.82) is 0 Å². The number of halogens is 2. The third-order valence-electron chi connectivity index (χ3n) is 6.03. The van der Waals surface area contributed by atoms with E-state index in [1.165, 1.54) is 4.90 Å². The number of benzene rings is 2. The number of imide groups is 1. The minimum atomic E-state index is -0.362. The fraction of sp³-hybridized carbons (Fsp3) is 0.227. The number of rotatable bonds is 3. The minimum absolute atomic E-state index is 0.139. The Labute approximate surface area is 177 Å². The first-order chi connectivity index (χ1) is 13.9. The SMILES string of the molecule is O=C(Nc1cc(Cl)ccc1Cl)c1ccc(N2C(=O)[C@@H]3[C@H](C2=O)[C@H]2C=C[C@@H]3C2)cc1. The van der Waals surface area contributed by atoms with Gasteiger partial charge in [0, 0.05) is 10.6 Å². The summed E-state index contributed by atoms with van der Waals surface area (Å²) in [5.74, 6) is -0.799. The molecule has 3 aliphatic rings. The second kappa shape index (κ2) is 6.71. The summed E-state index contributed by atoms with van der Waals surface area (Å²) in [4.78, 5) is 39.6.